The molecule has 0 aromatic carbocycles. The fourth-order valence-electron chi connectivity index (χ4n) is 2.95. The molecular formula is C13H21N3O. The largest absolute Gasteiger partial charge is 0.340 e. The molecule has 94 valence electrons. The number of hydrogen-bond donors (Lipinski definition) is 0. The van der Waals surface area contributed by atoms with Gasteiger partial charge in [0.2, 0.25) is 5.91 Å². The van der Waals surface area contributed by atoms with E-state index in [1.807, 2.05) is 11.8 Å². The average molecular weight is 235 g/mol. The lowest BCUT2D eigenvalue weighted by Gasteiger charge is -2.26. The van der Waals surface area contributed by atoms with Crippen LogP contribution in [0.25, 0.3) is 0 Å². The van der Waals surface area contributed by atoms with Crippen molar-refractivity contribution in [2.24, 2.45) is 5.92 Å². The summed E-state index contributed by atoms with van der Waals surface area (Å²) in [6.45, 7) is 5.85. The quantitative estimate of drug-likeness (QED) is 0.723. The van der Waals surface area contributed by atoms with Crippen LogP contribution in [-0.4, -0.2) is 47.9 Å². The van der Waals surface area contributed by atoms with Crippen LogP contribution in [0.3, 0.4) is 0 Å². The van der Waals surface area contributed by atoms with Crippen LogP contribution in [0, 0.1) is 17.2 Å². The van der Waals surface area contributed by atoms with Gasteiger partial charge >= 0.3 is 0 Å². The van der Waals surface area contributed by atoms with Gasteiger partial charge in [-0.25, -0.2) is 0 Å². The summed E-state index contributed by atoms with van der Waals surface area (Å²) in [6, 6.07) is 2.66. The van der Waals surface area contributed by atoms with Crippen molar-refractivity contribution in [3.63, 3.8) is 0 Å². The fourth-order valence-corrected chi connectivity index (χ4v) is 2.95. The van der Waals surface area contributed by atoms with E-state index >= 15 is 0 Å². The Hall–Kier alpha value is -1.08. The monoisotopic (exact) mass is 235 g/mol. The summed E-state index contributed by atoms with van der Waals surface area (Å²) >= 11 is 0. The third-order valence-corrected chi connectivity index (χ3v) is 3.98. The molecule has 2 aliphatic heterocycles. The molecule has 0 bridgehead atoms. The highest BCUT2D eigenvalue weighted by Crippen LogP contribution is 2.22. The van der Waals surface area contributed by atoms with E-state index in [-0.39, 0.29) is 5.91 Å². The summed E-state index contributed by atoms with van der Waals surface area (Å²) in [6.07, 6.45) is 4.12. The zero-order valence-corrected chi connectivity index (χ0v) is 10.6. The molecule has 1 amide bonds. The van der Waals surface area contributed by atoms with Crippen LogP contribution >= 0.6 is 0 Å². The number of carbonyl (C=O) groups is 1. The van der Waals surface area contributed by atoms with Gasteiger partial charge in [-0.2, -0.15) is 5.26 Å². The Morgan fingerprint density at radius 1 is 1.41 bits per heavy atom. The molecule has 0 aromatic heterocycles. The zero-order valence-electron chi connectivity index (χ0n) is 10.6. The first kappa shape index (κ1) is 12.4. The summed E-state index contributed by atoms with van der Waals surface area (Å²) in [5.74, 6) is -0.397. The second-order valence-corrected chi connectivity index (χ2v) is 5.06. The van der Waals surface area contributed by atoms with Crippen molar-refractivity contribution in [3.8, 4) is 6.07 Å². The minimum atomic E-state index is -0.442. The molecule has 2 fully saturated rings. The number of carbonyl (C=O) groups excluding carboxylic acids is 1. The molecule has 0 spiro atoms. The van der Waals surface area contributed by atoms with Gasteiger partial charge in [0.25, 0.3) is 0 Å². The number of rotatable bonds is 2. The maximum absolute atomic E-state index is 12.2. The van der Waals surface area contributed by atoms with Crippen molar-refractivity contribution in [2.45, 2.75) is 38.6 Å². The maximum Gasteiger partial charge on any atom is 0.239 e. The van der Waals surface area contributed by atoms with Crippen molar-refractivity contribution < 1.29 is 4.79 Å². The van der Waals surface area contributed by atoms with Gasteiger partial charge in [0.1, 0.15) is 5.92 Å². The van der Waals surface area contributed by atoms with E-state index in [2.05, 4.69) is 11.0 Å². The van der Waals surface area contributed by atoms with E-state index in [1.165, 1.54) is 19.4 Å². The highest BCUT2D eigenvalue weighted by molar-refractivity contribution is 5.81. The molecule has 4 nitrogen and oxygen atoms in total. The van der Waals surface area contributed by atoms with E-state index in [1.54, 1.807) is 0 Å². The minimum absolute atomic E-state index is 0.0451. The first-order valence-electron chi connectivity index (χ1n) is 6.68. The maximum atomic E-state index is 12.2. The molecular weight excluding hydrogens is 214 g/mol. The van der Waals surface area contributed by atoms with Crippen LogP contribution in [-0.2, 0) is 4.79 Å². The number of nitrogens with zero attached hydrogens (tertiary/aromatic N) is 3. The average Bonchev–Trinajstić information content (AvgIpc) is 2.68. The van der Waals surface area contributed by atoms with Crippen LogP contribution in [0.1, 0.15) is 32.6 Å². The van der Waals surface area contributed by atoms with Gasteiger partial charge in [0.15, 0.2) is 0 Å². The first-order valence-corrected chi connectivity index (χ1v) is 6.68. The molecule has 2 saturated heterocycles. The number of hydrogen-bond acceptors (Lipinski definition) is 3. The van der Waals surface area contributed by atoms with Gasteiger partial charge in [0.05, 0.1) is 6.07 Å². The molecule has 0 aromatic rings. The third-order valence-electron chi connectivity index (χ3n) is 3.98. The van der Waals surface area contributed by atoms with Crippen LogP contribution in [0.15, 0.2) is 0 Å². The van der Waals surface area contributed by atoms with Gasteiger partial charge in [-0.15, -0.1) is 0 Å². The second kappa shape index (κ2) is 5.50. The van der Waals surface area contributed by atoms with Crippen molar-refractivity contribution in [1.29, 1.82) is 5.26 Å². The molecule has 2 atom stereocenters. The minimum Gasteiger partial charge on any atom is -0.340 e. The van der Waals surface area contributed by atoms with Gasteiger partial charge in [-0.1, -0.05) is 6.92 Å². The van der Waals surface area contributed by atoms with Gasteiger partial charge in [-0.05, 0) is 32.2 Å². The van der Waals surface area contributed by atoms with E-state index in [9.17, 15) is 4.79 Å². The first-order chi connectivity index (χ1) is 8.26. The van der Waals surface area contributed by atoms with Crippen LogP contribution < -0.4 is 0 Å². The molecule has 2 aliphatic rings. The Kier molecular flexibility index (Phi) is 4.01. The predicted molar refractivity (Wildman–Crippen MR) is 65.2 cm³/mol. The van der Waals surface area contributed by atoms with Crippen molar-refractivity contribution in [2.75, 3.05) is 26.2 Å². The topological polar surface area (TPSA) is 47.3 Å². The Bertz CT molecular complexity index is 323. The summed E-state index contributed by atoms with van der Waals surface area (Å²) < 4.78 is 0. The Morgan fingerprint density at radius 3 is 2.88 bits per heavy atom. The second-order valence-electron chi connectivity index (χ2n) is 5.06. The van der Waals surface area contributed by atoms with Crippen molar-refractivity contribution >= 4 is 5.91 Å². The highest BCUT2D eigenvalue weighted by Gasteiger charge is 2.32. The molecule has 17 heavy (non-hydrogen) atoms. The molecule has 0 saturated carbocycles. The summed E-state index contributed by atoms with van der Waals surface area (Å²) in [7, 11) is 0. The van der Waals surface area contributed by atoms with Crippen LogP contribution in [0.5, 0.6) is 0 Å². The smallest absolute Gasteiger partial charge is 0.239 e. The molecule has 2 heterocycles. The van der Waals surface area contributed by atoms with Crippen molar-refractivity contribution in [3.05, 3.63) is 0 Å². The molecule has 0 radical (unpaired) electrons. The number of amides is 1. The molecule has 0 aliphatic carbocycles. The lowest BCUT2D eigenvalue weighted by atomic mass is 10.1. The lowest BCUT2D eigenvalue weighted by molar-refractivity contribution is -0.134. The predicted octanol–water partition coefficient (Wildman–Crippen LogP) is 1.23. The molecule has 4 heteroatoms. The van der Waals surface area contributed by atoms with Crippen LogP contribution in [0.4, 0.5) is 0 Å². The Morgan fingerprint density at radius 2 is 2.18 bits per heavy atom. The normalized spacial score (nSPS) is 27.1. The molecule has 0 N–H and O–H groups in total. The molecule has 2 unspecified atom stereocenters. The van der Waals surface area contributed by atoms with E-state index < -0.39 is 5.92 Å². The zero-order chi connectivity index (χ0) is 12.3. The number of fused-ring (bicyclic) bond motifs is 1. The summed E-state index contributed by atoms with van der Waals surface area (Å²) in [5, 5.41) is 8.98. The van der Waals surface area contributed by atoms with E-state index in [0.717, 1.165) is 26.1 Å². The van der Waals surface area contributed by atoms with Gasteiger partial charge in [-0.3, -0.25) is 9.69 Å². The van der Waals surface area contributed by atoms with Crippen LogP contribution in [0.2, 0.25) is 0 Å². The lowest BCUT2D eigenvalue weighted by Crippen LogP contribution is -2.42. The Balaban J connectivity index is 2.01. The standard InChI is InChI=1S/C13H21N3O/c1-2-11(9-14)13(17)16-8-4-7-15-6-3-5-12(15)10-16/h11-12H,2-8,10H2,1H3. The SMILES string of the molecule is CCC(C#N)C(=O)N1CCCN2CCCC2C1. The fraction of sp³-hybridized carbons (Fsp3) is 0.846. The highest BCUT2D eigenvalue weighted by atomic mass is 16.2. The third kappa shape index (κ3) is 2.61. The summed E-state index contributed by atoms with van der Waals surface area (Å²) in [5.41, 5.74) is 0. The van der Waals surface area contributed by atoms with E-state index in [0.29, 0.717) is 12.5 Å². The van der Waals surface area contributed by atoms with Gasteiger partial charge in [0, 0.05) is 25.7 Å². The number of nitriles is 1. The van der Waals surface area contributed by atoms with Gasteiger partial charge < -0.3 is 4.90 Å². The van der Waals surface area contributed by atoms with Crippen molar-refractivity contribution in [1.82, 2.24) is 9.80 Å². The molecule has 2 rings (SSSR count). The summed E-state index contributed by atoms with van der Waals surface area (Å²) in [4.78, 5) is 16.6. The van der Waals surface area contributed by atoms with E-state index in [4.69, 9.17) is 5.26 Å². The Labute approximate surface area is 103 Å².